The van der Waals surface area contributed by atoms with Gasteiger partial charge in [0.1, 0.15) is 11.6 Å². The van der Waals surface area contributed by atoms with Gasteiger partial charge in [-0.15, -0.1) is 0 Å². The number of hydrogen-bond acceptors (Lipinski definition) is 3. The van der Waals surface area contributed by atoms with E-state index in [9.17, 15) is 27.5 Å². The van der Waals surface area contributed by atoms with Crippen LogP contribution in [0.25, 0.3) is 5.69 Å². The first kappa shape index (κ1) is 20.1. The maximum Gasteiger partial charge on any atom is 0.272 e. The van der Waals surface area contributed by atoms with E-state index in [0.29, 0.717) is 30.2 Å². The Morgan fingerprint density at radius 1 is 1.07 bits per heavy atom. The molecule has 0 bridgehead atoms. The lowest BCUT2D eigenvalue weighted by Crippen LogP contribution is -2.29. The molecule has 30 heavy (non-hydrogen) atoms. The molecule has 1 aliphatic rings. The summed E-state index contributed by atoms with van der Waals surface area (Å²) < 4.78 is 55.1. The fourth-order valence-corrected chi connectivity index (χ4v) is 3.60. The van der Waals surface area contributed by atoms with Crippen LogP contribution in [0, 0.1) is 23.3 Å². The highest BCUT2D eigenvalue weighted by Gasteiger charge is 2.27. The van der Waals surface area contributed by atoms with E-state index >= 15 is 0 Å². The predicted octanol–water partition coefficient (Wildman–Crippen LogP) is 3.38. The number of nitrogens with one attached hydrogen (secondary N) is 1. The minimum Gasteiger partial charge on any atom is -0.386 e. The quantitative estimate of drug-likeness (QED) is 0.623. The third-order valence-corrected chi connectivity index (χ3v) is 5.07. The molecule has 0 aliphatic heterocycles. The van der Waals surface area contributed by atoms with Crippen molar-refractivity contribution < 1.29 is 27.5 Å². The zero-order chi connectivity index (χ0) is 21.4. The van der Waals surface area contributed by atoms with Gasteiger partial charge < -0.3 is 10.4 Å². The number of benzene rings is 2. The number of carbonyl (C=O) groups is 1. The fourth-order valence-electron chi connectivity index (χ4n) is 3.60. The largest absolute Gasteiger partial charge is 0.386 e. The molecule has 2 aromatic carbocycles. The van der Waals surface area contributed by atoms with Gasteiger partial charge in [-0.05, 0) is 37.5 Å². The summed E-state index contributed by atoms with van der Waals surface area (Å²) in [6, 6.07) is 6.13. The first-order valence-electron chi connectivity index (χ1n) is 9.32. The summed E-state index contributed by atoms with van der Waals surface area (Å²) in [5, 5.41) is 16.9. The van der Waals surface area contributed by atoms with Crippen molar-refractivity contribution in [2.24, 2.45) is 0 Å². The maximum atomic E-state index is 13.8. The summed E-state index contributed by atoms with van der Waals surface area (Å²) >= 11 is 0. The SMILES string of the molecule is O=C(NCC(O)c1ccc(F)cc1F)c1nn(-c2ccc(F)c(F)c2)c2c1CCC2. The smallest absolute Gasteiger partial charge is 0.272 e. The van der Waals surface area contributed by atoms with E-state index < -0.39 is 35.3 Å². The van der Waals surface area contributed by atoms with Crippen LogP contribution in [0.3, 0.4) is 0 Å². The van der Waals surface area contributed by atoms with Crippen LogP contribution in [-0.2, 0) is 12.8 Å². The van der Waals surface area contributed by atoms with Gasteiger partial charge in [0.05, 0.1) is 11.8 Å². The van der Waals surface area contributed by atoms with Gasteiger partial charge in [0, 0.05) is 35.5 Å². The first-order valence-corrected chi connectivity index (χ1v) is 9.32. The van der Waals surface area contributed by atoms with Gasteiger partial charge >= 0.3 is 0 Å². The highest BCUT2D eigenvalue weighted by atomic mass is 19.2. The summed E-state index contributed by atoms with van der Waals surface area (Å²) in [6.07, 6.45) is 0.617. The van der Waals surface area contributed by atoms with Crippen molar-refractivity contribution in [2.45, 2.75) is 25.4 Å². The highest BCUT2D eigenvalue weighted by Crippen LogP contribution is 2.28. The first-order chi connectivity index (χ1) is 14.3. The molecule has 1 aliphatic carbocycles. The van der Waals surface area contributed by atoms with Crippen molar-refractivity contribution in [1.82, 2.24) is 15.1 Å². The molecule has 3 aromatic rings. The molecule has 5 nitrogen and oxygen atoms in total. The Bertz CT molecular complexity index is 1130. The van der Waals surface area contributed by atoms with Crippen LogP contribution >= 0.6 is 0 Å². The molecule has 0 spiro atoms. The van der Waals surface area contributed by atoms with E-state index in [-0.39, 0.29) is 17.8 Å². The number of aliphatic hydroxyl groups is 1. The lowest BCUT2D eigenvalue weighted by molar-refractivity contribution is 0.0907. The van der Waals surface area contributed by atoms with Gasteiger partial charge in [-0.25, -0.2) is 22.2 Å². The summed E-state index contributed by atoms with van der Waals surface area (Å²) in [5.41, 5.74) is 1.68. The average Bonchev–Trinajstić information content (AvgIpc) is 3.31. The van der Waals surface area contributed by atoms with E-state index in [2.05, 4.69) is 10.4 Å². The number of rotatable bonds is 5. The number of fused-ring (bicyclic) bond motifs is 1. The number of halogens is 4. The Labute approximate surface area is 169 Å². The molecule has 1 heterocycles. The lowest BCUT2D eigenvalue weighted by Gasteiger charge is -2.13. The molecule has 0 fully saturated rings. The Hall–Kier alpha value is -3.20. The number of carbonyl (C=O) groups excluding carboxylic acids is 1. The van der Waals surface area contributed by atoms with Crippen LogP contribution < -0.4 is 5.32 Å². The van der Waals surface area contributed by atoms with Crippen LogP contribution in [-0.4, -0.2) is 27.3 Å². The van der Waals surface area contributed by atoms with Crippen molar-refractivity contribution in [1.29, 1.82) is 0 Å². The summed E-state index contributed by atoms with van der Waals surface area (Å²) in [6.45, 7) is -0.311. The molecule has 0 saturated carbocycles. The van der Waals surface area contributed by atoms with Crippen LogP contribution in [0.15, 0.2) is 36.4 Å². The van der Waals surface area contributed by atoms with E-state index in [4.69, 9.17) is 0 Å². The second-order valence-electron chi connectivity index (χ2n) is 7.03. The summed E-state index contributed by atoms with van der Waals surface area (Å²) in [5.74, 6) is -4.28. The Kier molecular flexibility index (Phi) is 5.29. The Morgan fingerprint density at radius 3 is 2.60 bits per heavy atom. The van der Waals surface area contributed by atoms with Gasteiger partial charge in [0.15, 0.2) is 17.3 Å². The zero-order valence-corrected chi connectivity index (χ0v) is 15.6. The molecule has 2 N–H and O–H groups in total. The third-order valence-electron chi connectivity index (χ3n) is 5.07. The number of amides is 1. The highest BCUT2D eigenvalue weighted by molar-refractivity contribution is 5.94. The second kappa shape index (κ2) is 7.91. The minimum absolute atomic E-state index is 0.110. The molecular weight excluding hydrogens is 402 g/mol. The van der Waals surface area contributed by atoms with E-state index in [1.807, 2.05) is 0 Å². The topological polar surface area (TPSA) is 67.2 Å². The standard InChI is InChI=1S/C21H17F4N3O2/c22-11-4-6-13(16(24)8-11)19(29)10-26-21(30)20-14-2-1-3-18(14)28(27-20)12-5-7-15(23)17(25)9-12/h4-9,19,29H,1-3,10H2,(H,26,30). The molecule has 0 radical (unpaired) electrons. The minimum atomic E-state index is -1.38. The molecular formula is C21H17F4N3O2. The monoisotopic (exact) mass is 419 g/mol. The van der Waals surface area contributed by atoms with Gasteiger partial charge in [0.25, 0.3) is 5.91 Å². The van der Waals surface area contributed by atoms with Gasteiger partial charge in [-0.2, -0.15) is 5.10 Å². The third kappa shape index (κ3) is 3.68. The molecule has 4 rings (SSSR count). The second-order valence-corrected chi connectivity index (χ2v) is 7.03. The van der Waals surface area contributed by atoms with E-state index in [1.165, 1.54) is 10.7 Å². The maximum absolute atomic E-state index is 13.8. The molecule has 156 valence electrons. The molecule has 0 saturated heterocycles. The van der Waals surface area contributed by atoms with Gasteiger partial charge in [-0.1, -0.05) is 6.07 Å². The van der Waals surface area contributed by atoms with Crippen LogP contribution in [0.4, 0.5) is 17.6 Å². The molecule has 1 atom stereocenters. The van der Waals surface area contributed by atoms with Crippen LogP contribution in [0.5, 0.6) is 0 Å². The molecule has 9 heteroatoms. The van der Waals surface area contributed by atoms with Crippen molar-refractivity contribution in [2.75, 3.05) is 6.54 Å². The van der Waals surface area contributed by atoms with Crippen molar-refractivity contribution in [3.8, 4) is 5.69 Å². The van der Waals surface area contributed by atoms with Gasteiger partial charge in [-0.3, -0.25) is 4.79 Å². The van der Waals surface area contributed by atoms with Crippen molar-refractivity contribution in [3.63, 3.8) is 0 Å². The fraction of sp³-hybridized carbons (Fsp3) is 0.238. The molecule has 1 amide bonds. The number of aromatic nitrogens is 2. The number of aliphatic hydroxyl groups excluding tert-OH is 1. The van der Waals surface area contributed by atoms with E-state index in [1.54, 1.807) is 0 Å². The van der Waals surface area contributed by atoms with E-state index in [0.717, 1.165) is 36.4 Å². The molecule has 1 unspecified atom stereocenters. The number of nitrogens with zero attached hydrogens (tertiary/aromatic N) is 2. The molecule has 1 aromatic heterocycles. The van der Waals surface area contributed by atoms with Crippen molar-refractivity contribution in [3.05, 3.63) is 82.2 Å². The average molecular weight is 419 g/mol. The lowest BCUT2D eigenvalue weighted by atomic mass is 10.1. The zero-order valence-electron chi connectivity index (χ0n) is 15.6. The van der Waals surface area contributed by atoms with Gasteiger partial charge in [0.2, 0.25) is 0 Å². The number of hydrogen-bond donors (Lipinski definition) is 2. The normalized spacial score (nSPS) is 13.9. The van der Waals surface area contributed by atoms with Crippen molar-refractivity contribution >= 4 is 5.91 Å². The van der Waals surface area contributed by atoms with Crippen LogP contribution in [0.1, 0.15) is 39.8 Å². The Morgan fingerprint density at radius 2 is 1.87 bits per heavy atom. The predicted molar refractivity (Wildman–Crippen MR) is 99.2 cm³/mol. The summed E-state index contributed by atoms with van der Waals surface area (Å²) in [7, 11) is 0. The Balaban J connectivity index is 1.55. The van der Waals surface area contributed by atoms with Crippen LogP contribution in [0.2, 0.25) is 0 Å². The summed E-state index contributed by atoms with van der Waals surface area (Å²) in [4.78, 5) is 12.7.